The van der Waals surface area contributed by atoms with E-state index in [2.05, 4.69) is 21.7 Å². The third-order valence-electron chi connectivity index (χ3n) is 5.80. The van der Waals surface area contributed by atoms with Crippen LogP contribution in [-0.4, -0.2) is 41.4 Å². The molecule has 2 aliphatic rings. The van der Waals surface area contributed by atoms with Crippen LogP contribution in [0.15, 0.2) is 41.1 Å². The number of carbonyl (C=O) groups is 1. The summed E-state index contributed by atoms with van der Waals surface area (Å²) in [6.45, 7) is 3.78. The number of benzene rings is 1. The lowest BCUT2D eigenvalue weighted by Gasteiger charge is -2.47. The molecule has 4 rings (SSSR count). The smallest absolute Gasteiger partial charge is 0.227 e. The lowest BCUT2D eigenvalue weighted by molar-refractivity contribution is -0.134. The molecule has 3 nitrogen and oxygen atoms in total. The highest BCUT2D eigenvalue weighted by Crippen LogP contribution is 2.32. The van der Waals surface area contributed by atoms with Gasteiger partial charge in [0.1, 0.15) is 5.82 Å². The van der Waals surface area contributed by atoms with Crippen molar-refractivity contribution in [2.75, 3.05) is 19.6 Å². The molecule has 0 unspecified atom stereocenters. The maximum absolute atomic E-state index is 13.8. The summed E-state index contributed by atoms with van der Waals surface area (Å²) in [5.74, 6) is 0.319. The summed E-state index contributed by atoms with van der Waals surface area (Å²) in [5.41, 5.74) is 1.90. The van der Waals surface area contributed by atoms with Crippen molar-refractivity contribution in [3.63, 3.8) is 0 Å². The Morgan fingerprint density at radius 2 is 2.08 bits per heavy atom. The summed E-state index contributed by atoms with van der Waals surface area (Å²) in [6, 6.07) is 9.38. The highest BCUT2D eigenvalue weighted by Gasteiger charge is 2.37. The van der Waals surface area contributed by atoms with Crippen LogP contribution in [0.25, 0.3) is 0 Å². The molecule has 0 saturated carbocycles. The maximum Gasteiger partial charge on any atom is 0.227 e. The minimum Gasteiger partial charge on any atom is -0.342 e. The van der Waals surface area contributed by atoms with Crippen molar-refractivity contribution in [1.82, 2.24) is 9.80 Å². The van der Waals surface area contributed by atoms with E-state index in [4.69, 9.17) is 0 Å². The number of rotatable bonds is 4. The van der Waals surface area contributed by atoms with Crippen molar-refractivity contribution in [3.8, 4) is 0 Å². The van der Waals surface area contributed by atoms with Crippen LogP contribution in [0.2, 0.25) is 0 Å². The molecule has 3 heterocycles. The second kappa shape index (κ2) is 7.89. The Hall–Kier alpha value is -1.72. The van der Waals surface area contributed by atoms with Crippen LogP contribution in [0.1, 0.15) is 30.4 Å². The van der Waals surface area contributed by atoms with Crippen LogP contribution >= 0.6 is 11.3 Å². The van der Waals surface area contributed by atoms with Crippen molar-refractivity contribution in [3.05, 3.63) is 58.0 Å². The molecule has 138 valence electrons. The Morgan fingerprint density at radius 3 is 2.88 bits per heavy atom. The molecule has 5 heteroatoms. The molecule has 1 amide bonds. The number of likely N-dealkylation sites (tertiary alicyclic amines) is 2. The van der Waals surface area contributed by atoms with E-state index < -0.39 is 0 Å². The quantitative estimate of drug-likeness (QED) is 0.812. The van der Waals surface area contributed by atoms with E-state index in [0.717, 1.165) is 32.6 Å². The largest absolute Gasteiger partial charge is 0.342 e. The molecule has 2 saturated heterocycles. The highest BCUT2D eigenvalue weighted by molar-refractivity contribution is 7.07. The van der Waals surface area contributed by atoms with Crippen LogP contribution in [-0.2, 0) is 17.8 Å². The average Bonchev–Trinajstić information content (AvgIpc) is 3.16. The molecule has 2 aromatic rings. The lowest BCUT2D eigenvalue weighted by Crippen LogP contribution is -2.55. The molecule has 1 aromatic carbocycles. The number of amides is 1. The van der Waals surface area contributed by atoms with Gasteiger partial charge in [0, 0.05) is 25.7 Å². The first-order chi connectivity index (χ1) is 12.7. The average molecular weight is 373 g/mol. The summed E-state index contributed by atoms with van der Waals surface area (Å²) in [7, 11) is 0. The number of hydrogen-bond donors (Lipinski definition) is 0. The van der Waals surface area contributed by atoms with Gasteiger partial charge in [-0.3, -0.25) is 9.69 Å². The minimum atomic E-state index is -0.282. The predicted octanol–water partition coefficient (Wildman–Crippen LogP) is 3.94. The van der Waals surface area contributed by atoms with Gasteiger partial charge in [-0.05, 0) is 65.7 Å². The van der Waals surface area contributed by atoms with Crippen molar-refractivity contribution in [2.24, 2.45) is 5.92 Å². The van der Waals surface area contributed by atoms with Gasteiger partial charge in [-0.25, -0.2) is 4.39 Å². The number of fused-ring (bicyclic) bond motifs is 1. The number of nitrogens with zero attached hydrogens (tertiary/aromatic N) is 2. The van der Waals surface area contributed by atoms with Crippen LogP contribution in [0, 0.1) is 11.7 Å². The third kappa shape index (κ3) is 3.84. The van der Waals surface area contributed by atoms with Gasteiger partial charge in [0.15, 0.2) is 0 Å². The van der Waals surface area contributed by atoms with Crippen LogP contribution in [0.4, 0.5) is 4.39 Å². The Balaban J connectivity index is 1.38. The van der Waals surface area contributed by atoms with Gasteiger partial charge in [-0.2, -0.15) is 11.3 Å². The van der Waals surface area contributed by atoms with Crippen LogP contribution in [0.3, 0.4) is 0 Å². The van der Waals surface area contributed by atoms with E-state index in [1.54, 1.807) is 29.5 Å². The van der Waals surface area contributed by atoms with Gasteiger partial charge >= 0.3 is 0 Å². The van der Waals surface area contributed by atoms with Gasteiger partial charge in [0.25, 0.3) is 0 Å². The zero-order valence-electron chi connectivity index (χ0n) is 14.9. The van der Waals surface area contributed by atoms with E-state index in [0.29, 0.717) is 17.5 Å². The molecule has 2 atom stereocenters. The molecule has 0 spiro atoms. The molecule has 0 radical (unpaired) electrons. The van der Waals surface area contributed by atoms with Crippen LogP contribution < -0.4 is 0 Å². The van der Waals surface area contributed by atoms with E-state index in [1.165, 1.54) is 24.5 Å². The van der Waals surface area contributed by atoms with Crippen LogP contribution in [0.5, 0.6) is 0 Å². The van der Waals surface area contributed by atoms with Gasteiger partial charge in [-0.15, -0.1) is 0 Å². The zero-order chi connectivity index (χ0) is 17.9. The monoisotopic (exact) mass is 372 g/mol. The van der Waals surface area contributed by atoms with E-state index in [1.807, 2.05) is 4.90 Å². The van der Waals surface area contributed by atoms with Gasteiger partial charge in [0.05, 0.1) is 6.42 Å². The second-order valence-corrected chi connectivity index (χ2v) is 8.25. The molecule has 26 heavy (non-hydrogen) atoms. The fraction of sp³-hybridized carbons (Fsp3) is 0.476. The molecule has 2 fully saturated rings. The summed E-state index contributed by atoms with van der Waals surface area (Å²) in [6.07, 6.45) is 3.58. The van der Waals surface area contributed by atoms with E-state index in [9.17, 15) is 9.18 Å². The molecular formula is C21H25FN2OS. The SMILES string of the molecule is O=C(Cc1ccccc1F)N1CC[C@H]2[C@H](CCCN2Cc2ccsc2)C1. The molecule has 0 N–H and O–H groups in total. The lowest BCUT2D eigenvalue weighted by atomic mass is 9.83. The minimum absolute atomic E-state index is 0.0588. The van der Waals surface area contributed by atoms with Gasteiger partial charge < -0.3 is 4.90 Å². The highest BCUT2D eigenvalue weighted by atomic mass is 32.1. The second-order valence-electron chi connectivity index (χ2n) is 7.47. The third-order valence-corrected chi connectivity index (χ3v) is 6.53. The maximum atomic E-state index is 13.8. The number of halogens is 1. The Labute approximate surface area is 158 Å². The number of carbonyl (C=O) groups excluding carboxylic acids is 1. The first-order valence-electron chi connectivity index (χ1n) is 9.47. The first-order valence-corrected chi connectivity index (χ1v) is 10.4. The normalized spacial score (nSPS) is 23.7. The molecule has 1 aromatic heterocycles. The molecule has 0 aliphatic carbocycles. The standard InChI is InChI=1S/C21H25FN2OS/c22-19-6-2-1-4-17(19)12-21(25)24-10-7-20-18(14-24)5-3-9-23(20)13-16-8-11-26-15-16/h1-2,4,6,8,11,15,18,20H,3,5,7,9-10,12-14H2/t18-,20+/m1/s1. The Kier molecular flexibility index (Phi) is 5.36. The van der Waals surface area contributed by atoms with E-state index >= 15 is 0 Å². The summed E-state index contributed by atoms with van der Waals surface area (Å²) >= 11 is 1.75. The number of hydrogen-bond acceptors (Lipinski definition) is 3. The summed E-state index contributed by atoms with van der Waals surface area (Å²) in [5, 5.41) is 4.37. The fourth-order valence-corrected chi connectivity index (χ4v) is 5.12. The predicted molar refractivity (Wildman–Crippen MR) is 103 cm³/mol. The first kappa shape index (κ1) is 17.7. The number of piperidine rings is 2. The Morgan fingerprint density at radius 1 is 1.19 bits per heavy atom. The molecular weight excluding hydrogens is 347 g/mol. The zero-order valence-corrected chi connectivity index (χ0v) is 15.8. The topological polar surface area (TPSA) is 23.6 Å². The van der Waals surface area contributed by atoms with Gasteiger partial charge in [-0.1, -0.05) is 18.2 Å². The Bertz CT molecular complexity index is 748. The van der Waals surface area contributed by atoms with Gasteiger partial charge in [0.2, 0.25) is 5.91 Å². The number of thiophene rings is 1. The van der Waals surface area contributed by atoms with Crippen molar-refractivity contribution in [2.45, 2.75) is 38.3 Å². The summed E-state index contributed by atoms with van der Waals surface area (Å²) in [4.78, 5) is 17.2. The van der Waals surface area contributed by atoms with E-state index in [-0.39, 0.29) is 18.1 Å². The molecule has 2 aliphatic heterocycles. The summed E-state index contributed by atoms with van der Waals surface area (Å²) < 4.78 is 13.8. The molecule has 0 bridgehead atoms. The van der Waals surface area contributed by atoms with Crippen molar-refractivity contribution >= 4 is 17.2 Å². The fourth-order valence-electron chi connectivity index (χ4n) is 4.46. The van der Waals surface area contributed by atoms with Crippen molar-refractivity contribution in [1.29, 1.82) is 0 Å². The van der Waals surface area contributed by atoms with Crippen molar-refractivity contribution < 1.29 is 9.18 Å².